The van der Waals surface area contributed by atoms with Crippen molar-refractivity contribution >= 4 is 5.91 Å². The Morgan fingerprint density at radius 1 is 1.40 bits per heavy atom. The number of nitrogens with one attached hydrogen (secondary N) is 2. The van der Waals surface area contributed by atoms with E-state index in [1.807, 2.05) is 17.7 Å². The minimum atomic E-state index is 0.0501. The van der Waals surface area contributed by atoms with Crippen molar-refractivity contribution in [3.63, 3.8) is 0 Å². The molecule has 0 fully saturated rings. The first-order valence-corrected chi connectivity index (χ1v) is 7.53. The van der Waals surface area contributed by atoms with E-state index in [1.165, 1.54) is 0 Å². The van der Waals surface area contributed by atoms with Gasteiger partial charge in [0.25, 0.3) is 0 Å². The van der Waals surface area contributed by atoms with E-state index >= 15 is 0 Å². The fraction of sp³-hybridized carbons (Fsp3) is 0.733. The van der Waals surface area contributed by atoms with Crippen LogP contribution in [0, 0.1) is 5.92 Å². The third kappa shape index (κ3) is 6.19. The van der Waals surface area contributed by atoms with Crippen LogP contribution in [0.15, 0.2) is 12.4 Å². The number of imidazole rings is 1. The van der Waals surface area contributed by atoms with E-state index in [9.17, 15) is 4.79 Å². The highest BCUT2D eigenvalue weighted by atomic mass is 16.2. The van der Waals surface area contributed by atoms with E-state index in [1.54, 1.807) is 6.20 Å². The van der Waals surface area contributed by atoms with Gasteiger partial charge in [0.15, 0.2) is 0 Å². The minimum Gasteiger partial charge on any atom is -0.352 e. The Labute approximate surface area is 122 Å². The van der Waals surface area contributed by atoms with Gasteiger partial charge >= 0.3 is 0 Å². The van der Waals surface area contributed by atoms with Gasteiger partial charge in [0.1, 0.15) is 12.4 Å². The fourth-order valence-corrected chi connectivity index (χ4v) is 2.10. The molecule has 1 atom stereocenters. The first-order chi connectivity index (χ1) is 9.52. The van der Waals surface area contributed by atoms with Gasteiger partial charge in [0.05, 0.1) is 6.54 Å². The molecule has 5 heteroatoms. The van der Waals surface area contributed by atoms with Crippen LogP contribution in [0.1, 0.15) is 46.4 Å². The topological polar surface area (TPSA) is 59.0 Å². The van der Waals surface area contributed by atoms with Crippen molar-refractivity contribution in [1.82, 2.24) is 20.2 Å². The molecule has 114 valence electrons. The average molecular weight is 280 g/mol. The SMILES string of the molecule is CCCC(C)NC(=O)Cn1ccnc1CNCC(C)C. The van der Waals surface area contributed by atoms with Crippen molar-refractivity contribution < 1.29 is 4.79 Å². The average Bonchev–Trinajstić information content (AvgIpc) is 2.76. The van der Waals surface area contributed by atoms with Crippen LogP contribution >= 0.6 is 0 Å². The number of carbonyl (C=O) groups is 1. The van der Waals surface area contributed by atoms with Gasteiger partial charge in [0.2, 0.25) is 5.91 Å². The molecule has 1 aromatic rings. The van der Waals surface area contributed by atoms with Crippen LogP contribution < -0.4 is 10.6 Å². The molecular weight excluding hydrogens is 252 g/mol. The van der Waals surface area contributed by atoms with Crippen molar-refractivity contribution in [3.05, 3.63) is 18.2 Å². The highest BCUT2D eigenvalue weighted by molar-refractivity contribution is 5.76. The summed E-state index contributed by atoms with van der Waals surface area (Å²) in [7, 11) is 0. The Morgan fingerprint density at radius 2 is 2.15 bits per heavy atom. The van der Waals surface area contributed by atoms with Crippen LogP contribution in [0.5, 0.6) is 0 Å². The number of carbonyl (C=O) groups excluding carboxylic acids is 1. The highest BCUT2D eigenvalue weighted by Gasteiger charge is 2.10. The lowest BCUT2D eigenvalue weighted by molar-refractivity contribution is -0.122. The maximum absolute atomic E-state index is 11.9. The molecule has 1 unspecified atom stereocenters. The molecule has 0 radical (unpaired) electrons. The summed E-state index contributed by atoms with van der Waals surface area (Å²) in [5, 5.41) is 6.36. The van der Waals surface area contributed by atoms with Crippen LogP contribution in [0.2, 0.25) is 0 Å². The van der Waals surface area contributed by atoms with E-state index < -0.39 is 0 Å². The molecule has 0 aromatic carbocycles. The number of rotatable bonds is 9. The summed E-state index contributed by atoms with van der Waals surface area (Å²) in [6.07, 6.45) is 5.70. The van der Waals surface area contributed by atoms with Crippen LogP contribution in [0.4, 0.5) is 0 Å². The second-order valence-corrected chi connectivity index (χ2v) is 5.75. The third-order valence-corrected chi connectivity index (χ3v) is 3.08. The molecule has 1 amide bonds. The van der Waals surface area contributed by atoms with Crippen molar-refractivity contribution in [1.29, 1.82) is 0 Å². The summed E-state index contributed by atoms with van der Waals surface area (Å²) < 4.78 is 1.90. The Hall–Kier alpha value is -1.36. The molecule has 2 N–H and O–H groups in total. The summed E-state index contributed by atoms with van der Waals surface area (Å²) in [5.41, 5.74) is 0. The Morgan fingerprint density at radius 3 is 2.80 bits per heavy atom. The Balaban J connectivity index is 2.43. The van der Waals surface area contributed by atoms with Crippen molar-refractivity contribution in [3.8, 4) is 0 Å². The van der Waals surface area contributed by atoms with E-state index in [2.05, 4.69) is 36.4 Å². The number of hydrogen-bond donors (Lipinski definition) is 2. The van der Waals surface area contributed by atoms with Gasteiger partial charge in [-0.25, -0.2) is 4.98 Å². The predicted molar refractivity (Wildman–Crippen MR) is 81.3 cm³/mol. The lowest BCUT2D eigenvalue weighted by Gasteiger charge is -2.14. The van der Waals surface area contributed by atoms with Crippen LogP contribution in [-0.2, 0) is 17.9 Å². The molecule has 0 saturated heterocycles. The van der Waals surface area contributed by atoms with E-state index in [0.29, 0.717) is 19.0 Å². The van der Waals surface area contributed by atoms with Gasteiger partial charge in [-0.15, -0.1) is 0 Å². The summed E-state index contributed by atoms with van der Waals surface area (Å²) >= 11 is 0. The van der Waals surface area contributed by atoms with Gasteiger partial charge in [-0.2, -0.15) is 0 Å². The zero-order valence-corrected chi connectivity index (χ0v) is 13.1. The largest absolute Gasteiger partial charge is 0.352 e. The molecule has 0 saturated carbocycles. The van der Waals surface area contributed by atoms with Crippen LogP contribution in [0.25, 0.3) is 0 Å². The van der Waals surface area contributed by atoms with Gasteiger partial charge in [0, 0.05) is 18.4 Å². The molecular formula is C15H28N4O. The molecule has 1 rings (SSSR count). The van der Waals surface area contributed by atoms with Gasteiger partial charge in [-0.05, 0) is 25.8 Å². The highest BCUT2D eigenvalue weighted by Crippen LogP contribution is 2.00. The van der Waals surface area contributed by atoms with Crippen molar-refractivity contribution in [2.75, 3.05) is 6.54 Å². The monoisotopic (exact) mass is 280 g/mol. The number of nitrogens with zero attached hydrogens (tertiary/aromatic N) is 2. The molecule has 5 nitrogen and oxygen atoms in total. The van der Waals surface area contributed by atoms with E-state index in [4.69, 9.17) is 0 Å². The zero-order chi connectivity index (χ0) is 15.0. The lowest BCUT2D eigenvalue weighted by atomic mass is 10.2. The maximum Gasteiger partial charge on any atom is 0.240 e. The minimum absolute atomic E-state index is 0.0501. The molecule has 1 heterocycles. The first-order valence-electron chi connectivity index (χ1n) is 7.53. The Bertz CT molecular complexity index is 400. The molecule has 0 bridgehead atoms. The lowest BCUT2D eigenvalue weighted by Crippen LogP contribution is -2.35. The number of hydrogen-bond acceptors (Lipinski definition) is 3. The quantitative estimate of drug-likeness (QED) is 0.726. The molecule has 0 aliphatic heterocycles. The summed E-state index contributed by atoms with van der Waals surface area (Å²) in [6.45, 7) is 10.5. The molecule has 0 aliphatic rings. The van der Waals surface area contributed by atoms with Gasteiger partial charge in [-0.3, -0.25) is 4.79 Å². The maximum atomic E-state index is 11.9. The normalized spacial score (nSPS) is 12.7. The predicted octanol–water partition coefficient (Wildman–Crippen LogP) is 1.93. The smallest absolute Gasteiger partial charge is 0.240 e. The summed E-state index contributed by atoms with van der Waals surface area (Å²) in [5.74, 6) is 1.56. The fourth-order valence-electron chi connectivity index (χ4n) is 2.10. The summed E-state index contributed by atoms with van der Waals surface area (Å²) in [4.78, 5) is 16.3. The number of aromatic nitrogens is 2. The van der Waals surface area contributed by atoms with E-state index in [-0.39, 0.29) is 11.9 Å². The third-order valence-electron chi connectivity index (χ3n) is 3.08. The second-order valence-electron chi connectivity index (χ2n) is 5.75. The van der Waals surface area contributed by atoms with Crippen LogP contribution in [0.3, 0.4) is 0 Å². The Kier molecular flexibility index (Phi) is 7.30. The van der Waals surface area contributed by atoms with Gasteiger partial charge < -0.3 is 15.2 Å². The number of amides is 1. The molecule has 0 aliphatic carbocycles. The molecule has 0 spiro atoms. The van der Waals surface area contributed by atoms with Crippen LogP contribution in [-0.4, -0.2) is 28.0 Å². The zero-order valence-electron chi connectivity index (χ0n) is 13.1. The van der Waals surface area contributed by atoms with Crippen molar-refractivity contribution in [2.24, 2.45) is 5.92 Å². The molecule has 20 heavy (non-hydrogen) atoms. The second kappa shape index (κ2) is 8.74. The van der Waals surface area contributed by atoms with Crippen molar-refractivity contribution in [2.45, 2.75) is 59.7 Å². The standard InChI is InChI=1S/C15H28N4O/c1-5-6-13(4)18-15(20)11-19-8-7-17-14(19)10-16-9-12(2)3/h7-8,12-13,16H,5-6,9-11H2,1-4H3,(H,18,20). The van der Waals surface area contributed by atoms with Gasteiger partial charge in [-0.1, -0.05) is 27.2 Å². The van der Waals surface area contributed by atoms with E-state index in [0.717, 1.165) is 25.2 Å². The summed E-state index contributed by atoms with van der Waals surface area (Å²) in [6, 6.07) is 0.235. The first kappa shape index (κ1) is 16.7. The molecule has 1 aromatic heterocycles.